The van der Waals surface area contributed by atoms with Gasteiger partial charge in [0, 0.05) is 25.3 Å². The minimum Gasteiger partial charge on any atom is -0.397 e. The van der Waals surface area contributed by atoms with Crippen LogP contribution in [0.3, 0.4) is 0 Å². The average Bonchev–Trinajstić information content (AvgIpc) is 2.43. The van der Waals surface area contributed by atoms with Crippen LogP contribution in [0.25, 0.3) is 0 Å². The highest BCUT2D eigenvalue weighted by Gasteiger charge is 2.50. The SMILES string of the molecule is CO[Si](OC)(C1CCCCCCC1)C1CCCCC1. The standard InChI is InChI=1S/C16H32O2Si/c1-17-19(18-2,16-13-9-6-10-14-16)15-11-7-4-3-5-8-12-15/h15-16H,3-14H2,1-2H3. The lowest BCUT2D eigenvalue weighted by molar-refractivity contribution is 0.196. The highest BCUT2D eigenvalue weighted by Crippen LogP contribution is 2.47. The van der Waals surface area contributed by atoms with Gasteiger partial charge in [0.05, 0.1) is 0 Å². The minimum absolute atomic E-state index is 0.742. The van der Waals surface area contributed by atoms with Gasteiger partial charge in [0.15, 0.2) is 0 Å². The normalized spacial score (nSPS) is 24.9. The van der Waals surface area contributed by atoms with Gasteiger partial charge < -0.3 is 8.85 Å². The van der Waals surface area contributed by atoms with Crippen molar-refractivity contribution >= 4 is 8.56 Å². The van der Waals surface area contributed by atoms with Crippen molar-refractivity contribution in [3.63, 3.8) is 0 Å². The zero-order valence-electron chi connectivity index (χ0n) is 13.0. The second-order valence-electron chi connectivity index (χ2n) is 6.51. The Morgan fingerprint density at radius 3 is 1.26 bits per heavy atom. The Morgan fingerprint density at radius 2 is 0.895 bits per heavy atom. The molecule has 0 aromatic carbocycles. The van der Waals surface area contributed by atoms with Gasteiger partial charge in [0.25, 0.3) is 0 Å². The van der Waals surface area contributed by atoms with Crippen LogP contribution in [0, 0.1) is 0 Å². The predicted octanol–water partition coefficient (Wildman–Crippen LogP) is 5.17. The van der Waals surface area contributed by atoms with Gasteiger partial charge in [0.1, 0.15) is 0 Å². The van der Waals surface area contributed by atoms with Crippen molar-refractivity contribution < 1.29 is 8.85 Å². The van der Waals surface area contributed by atoms with Gasteiger partial charge in [-0.15, -0.1) is 0 Å². The first-order valence-corrected chi connectivity index (χ1v) is 10.4. The van der Waals surface area contributed by atoms with Crippen LogP contribution in [0.2, 0.25) is 11.1 Å². The van der Waals surface area contributed by atoms with Crippen molar-refractivity contribution in [2.75, 3.05) is 14.2 Å². The second-order valence-corrected chi connectivity index (χ2v) is 10.4. The van der Waals surface area contributed by atoms with E-state index in [1.807, 2.05) is 14.2 Å². The summed E-state index contributed by atoms with van der Waals surface area (Å²) in [5.41, 5.74) is 1.49. The van der Waals surface area contributed by atoms with Crippen LogP contribution >= 0.6 is 0 Å². The molecular formula is C16H32O2Si. The lowest BCUT2D eigenvalue weighted by Crippen LogP contribution is -2.50. The molecule has 2 fully saturated rings. The maximum Gasteiger partial charge on any atom is 0.344 e. The molecule has 112 valence electrons. The highest BCUT2D eigenvalue weighted by atomic mass is 28.4. The van der Waals surface area contributed by atoms with Gasteiger partial charge >= 0.3 is 8.56 Å². The Balaban J connectivity index is 2.10. The van der Waals surface area contributed by atoms with Crippen molar-refractivity contribution in [2.24, 2.45) is 0 Å². The fraction of sp³-hybridized carbons (Fsp3) is 1.00. The van der Waals surface area contributed by atoms with Crippen molar-refractivity contribution in [2.45, 2.75) is 88.1 Å². The summed E-state index contributed by atoms with van der Waals surface area (Å²) in [4.78, 5) is 0. The van der Waals surface area contributed by atoms with E-state index in [-0.39, 0.29) is 0 Å². The summed E-state index contributed by atoms with van der Waals surface area (Å²) < 4.78 is 12.4. The second kappa shape index (κ2) is 7.80. The molecule has 19 heavy (non-hydrogen) atoms. The molecule has 0 saturated heterocycles. The van der Waals surface area contributed by atoms with Gasteiger partial charge in [-0.25, -0.2) is 0 Å². The molecule has 2 aliphatic rings. The Morgan fingerprint density at radius 1 is 0.579 bits per heavy atom. The summed E-state index contributed by atoms with van der Waals surface area (Å²) in [6.07, 6.45) is 16.6. The molecule has 2 aliphatic carbocycles. The van der Waals surface area contributed by atoms with Gasteiger partial charge in [-0.2, -0.15) is 0 Å². The molecule has 0 spiro atoms. The third kappa shape index (κ3) is 3.62. The summed E-state index contributed by atoms with van der Waals surface area (Å²) >= 11 is 0. The van der Waals surface area contributed by atoms with Crippen LogP contribution < -0.4 is 0 Å². The van der Waals surface area contributed by atoms with E-state index in [0.717, 1.165) is 11.1 Å². The van der Waals surface area contributed by atoms with E-state index in [2.05, 4.69) is 0 Å². The Hall–Kier alpha value is 0.137. The van der Waals surface area contributed by atoms with Crippen LogP contribution in [0.5, 0.6) is 0 Å². The van der Waals surface area contributed by atoms with Crippen molar-refractivity contribution in [3.8, 4) is 0 Å². The van der Waals surface area contributed by atoms with Crippen molar-refractivity contribution in [3.05, 3.63) is 0 Å². The molecule has 0 radical (unpaired) electrons. The van der Waals surface area contributed by atoms with Gasteiger partial charge in [-0.3, -0.25) is 0 Å². The highest BCUT2D eigenvalue weighted by molar-refractivity contribution is 6.70. The average molecular weight is 285 g/mol. The topological polar surface area (TPSA) is 18.5 Å². The lowest BCUT2D eigenvalue weighted by Gasteiger charge is -2.43. The molecule has 2 rings (SSSR count). The Kier molecular flexibility index (Phi) is 6.37. The number of hydrogen-bond acceptors (Lipinski definition) is 2. The Bertz CT molecular complexity index is 239. The molecule has 2 nitrogen and oxygen atoms in total. The maximum atomic E-state index is 6.18. The van der Waals surface area contributed by atoms with E-state index < -0.39 is 8.56 Å². The van der Waals surface area contributed by atoms with E-state index in [4.69, 9.17) is 8.85 Å². The molecule has 0 aromatic heterocycles. The monoisotopic (exact) mass is 284 g/mol. The minimum atomic E-state index is -2.00. The smallest absolute Gasteiger partial charge is 0.344 e. The van der Waals surface area contributed by atoms with Crippen LogP contribution in [-0.4, -0.2) is 22.8 Å². The molecule has 0 aromatic rings. The molecule has 2 saturated carbocycles. The molecular weight excluding hydrogens is 252 g/mol. The summed E-state index contributed by atoms with van der Waals surface area (Å²) in [5.74, 6) is 0. The fourth-order valence-electron chi connectivity index (χ4n) is 4.45. The number of hydrogen-bond donors (Lipinski definition) is 0. The van der Waals surface area contributed by atoms with Crippen LogP contribution in [0.15, 0.2) is 0 Å². The van der Waals surface area contributed by atoms with Gasteiger partial charge in [-0.05, 0) is 25.7 Å². The molecule has 3 heteroatoms. The van der Waals surface area contributed by atoms with Crippen LogP contribution in [-0.2, 0) is 8.85 Å². The molecule has 0 heterocycles. The van der Waals surface area contributed by atoms with Crippen LogP contribution in [0.4, 0.5) is 0 Å². The van der Waals surface area contributed by atoms with Gasteiger partial charge in [-0.1, -0.05) is 51.4 Å². The summed E-state index contributed by atoms with van der Waals surface area (Å²) in [6, 6.07) is 0. The van der Waals surface area contributed by atoms with E-state index in [9.17, 15) is 0 Å². The molecule has 0 N–H and O–H groups in total. The molecule has 0 atom stereocenters. The molecule has 0 amide bonds. The first-order chi connectivity index (χ1) is 9.33. The quantitative estimate of drug-likeness (QED) is 0.663. The van der Waals surface area contributed by atoms with E-state index in [0.29, 0.717) is 0 Å². The first kappa shape index (κ1) is 15.5. The van der Waals surface area contributed by atoms with Crippen molar-refractivity contribution in [1.29, 1.82) is 0 Å². The van der Waals surface area contributed by atoms with E-state index in [1.54, 1.807) is 0 Å². The molecule has 0 unspecified atom stereocenters. The largest absolute Gasteiger partial charge is 0.397 e. The summed E-state index contributed by atoms with van der Waals surface area (Å²) in [7, 11) is 1.87. The third-order valence-corrected chi connectivity index (χ3v) is 10.2. The maximum absolute atomic E-state index is 6.18. The lowest BCUT2D eigenvalue weighted by atomic mass is 9.99. The molecule has 0 bridgehead atoms. The fourth-order valence-corrected chi connectivity index (χ4v) is 9.04. The van der Waals surface area contributed by atoms with Gasteiger partial charge in [0.2, 0.25) is 0 Å². The Labute approximate surface area is 120 Å². The van der Waals surface area contributed by atoms with Crippen LogP contribution in [0.1, 0.15) is 77.0 Å². The summed E-state index contributed by atoms with van der Waals surface area (Å²) in [6.45, 7) is 0. The predicted molar refractivity (Wildman–Crippen MR) is 82.7 cm³/mol. The number of rotatable bonds is 4. The van der Waals surface area contributed by atoms with E-state index in [1.165, 1.54) is 77.0 Å². The zero-order chi connectivity index (χ0) is 13.6. The van der Waals surface area contributed by atoms with Crippen molar-refractivity contribution in [1.82, 2.24) is 0 Å². The van der Waals surface area contributed by atoms with E-state index >= 15 is 0 Å². The first-order valence-electron chi connectivity index (χ1n) is 8.44. The summed E-state index contributed by atoms with van der Waals surface area (Å²) in [5, 5.41) is 0. The molecule has 0 aliphatic heterocycles. The zero-order valence-corrected chi connectivity index (χ0v) is 14.0. The third-order valence-electron chi connectivity index (χ3n) is 5.49.